The third kappa shape index (κ3) is 2.00. The first-order valence-corrected chi connectivity index (χ1v) is 5.74. The highest BCUT2D eigenvalue weighted by Gasteiger charge is 2.18. The van der Waals surface area contributed by atoms with E-state index in [0.29, 0.717) is 9.99 Å². The number of ether oxygens (including phenoxy) is 1. The van der Waals surface area contributed by atoms with E-state index in [4.69, 9.17) is 11.6 Å². The molecule has 0 atom stereocenters. The molecule has 0 radical (unpaired) electrons. The number of fused-ring (bicyclic) bond motifs is 1. The van der Waals surface area contributed by atoms with Gasteiger partial charge in [-0.2, -0.15) is 0 Å². The number of hydrogen-bond acceptors (Lipinski definition) is 3. The number of aromatic nitrogens is 1. The molecule has 6 heteroatoms. The van der Waals surface area contributed by atoms with Crippen LogP contribution in [-0.2, 0) is 4.74 Å². The number of esters is 1. The molecule has 2 aromatic rings. The van der Waals surface area contributed by atoms with Gasteiger partial charge in [-0.1, -0.05) is 11.6 Å². The second-order valence-corrected chi connectivity index (χ2v) is 4.46. The SMILES string of the molecule is COC(=O)c1cnc2c(Br)ccc(F)c2c1Cl. The molecular formula is C11H6BrClFNO2. The molecule has 0 bridgehead atoms. The summed E-state index contributed by atoms with van der Waals surface area (Å²) >= 11 is 9.23. The number of benzene rings is 1. The molecule has 0 fully saturated rings. The fourth-order valence-electron chi connectivity index (χ4n) is 1.45. The van der Waals surface area contributed by atoms with Crippen molar-refractivity contribution < 1.29 is 13.9 Å². The van der Waals surface area contributed by atoms with Gasteiger partial charge >= 0.3 is 5.97 Å². The molecule has 1 aromatic carbocycles. The van der Waals surface area contributed by atoms with E-state index in [1.54, 1.807) is 0 Å². The van der Waals surface area contributed by atoms with E-state index in [2.05, 4.69) is 25.7 Å². The van der Waals surface area contributed by atoms with E-state index in [0.717, 1.165) is 0 Å². The van der Waals surface area contributed by atoms with Crippen LogP contribution in [0.1, 0.15) is 10.4 Å². The maximum Gasteiger partial charge on any atom is 0.340 e. The van der Waals surface area contributed by atoms with Crippen molar-refractivity contribution >= 4 is 44.4 Å². The summed E-state index contributed by atoms with van der Waals surface area (Å²) in [4.78, 5) is 15.4. The topological polar surface area (TPSA) is 39.2 Å². The number of rotatable bonds is 1. The Kier molecular flexibility index (Phi) is 3.31. The van der Waals surface area contributed by atoms with Crippen LogP contribution >= 0.6 is 27.5 Å². The molecule has 0 aliphatic rings. The van der Waals surface area contributed by atoms with Gasteiger partial charge in [-0.15, -0.1) is 0 Å². The van der Waals surface area contributed by atoms with Crippen LogP contribution in [0.5, 0.6) is 0 Å². The molecular weight excluding hydrogens is 312 g/mol. The van der Waals surface area contributed by atoms with Gasteiger partial charge in [0.25, 0.3) is 0 Å². The van der Waals surface area contributed by atoms with Gasteiger partial charge in [0.2, 0.25) is 0 Å². The van der Waals surface area contributed by atoms with Gasteiger partial charge in [0.15, 0.2) is 0 Å². The number of nitrogens with zero attached hydrogens (tertiary/aromatic N) is 1. The van der Waals surface area contributed by atoms with Crippen molar-refractivity contribution in [2.75, 3.05) is 7.11 Å². The summed E-state index contributed by atoms with van der Waals surface area (Å²) in [7, 11) is 1.22. The van der Waals surface area contributed by atoms with Crippen LogP contribution < -0.4 is 0 Å². The maximum atomic E-state index is 13.7. The number of carbonyl (C=O) groups is 1. The summed E-state index contributed by atoms with van der Waals surface area (Å²) in [6, 6.07) is 2.78. The lowest BCUT2D eigenvalue weighted by Crippen LogP contribution is -2.04. The Morgan fingerprint density at radius 2 is 2.24 bits per heavy atom. The first-order valence-electron chi connectivity index (χ1n) is 4.56. The number of hydrogen-bond donors (Lipinski definition) is 0. The van der Waals surface area contributed by atoms with Gasteiger partial charge in [-0.25, -0.2) is 9.18 Å². The number of methoxy groups -OCH3 is 1. The standard InChI is InChI=1S/C11H6BrClFNO2/c1-17-11(16)5-4-15-10-6(12)2-3-7(14)8(10)9(5)13/h2-4H,1H3. The van der Waals surface area contributed by atoms with Crippen LogP contribution in [-0.4, -0.2) is 18.1 Å². The van der Waals surface area contributed by atoms with Crippen molar-refractivity contribution in [1.82, 2.24) is 4.98 Å². The summed E-state index contributed by atoms with van der Waals surface area (Å²) in [5, 5.41) is 0.101. The molecule has 0 N–H and O–H groups in total. The van der Waals surface area contributed by atoms with E-state index in [1.165, 1.54) is 25.4 Å². The van der Waals surface area contributed by atoms with Crippen molar-refractivity contribution in [3.63, 3.8) is 0 Å². The zero-order valence-corrected chi connectivity index (χ0v) is 11.0. The van der Waals surface area contributed by atoms with Gasteiger partial charge in [-0.3, -0.25) is 4.98 Å². The van der Waals surface area contributed by atoms with Crippen LogP contribution in [0.15, 0.2) is 22.8 Å². The van der Waals surface area contributed by atoms with E-state index in [-0.39, 0.29) is 16.0 Å². The molecule has 1 heterocycles. The van der Waals surface area contributed by atoms with Gasteiger partial charge in [0.1, 0.15) is 5.82 Å². The third-order valence-electron chi connectivity index (χ3n) is 2.26. The lowest BCUT2D eigenvalue weighted by molar-refractivity contribution is 0.0600. The second kappa shape index (κ2) is 4.58. The van der Waals surface area contributed by atoms with E-state index in [9.17, 15) is 9.18 Å². The van der Waals surface area contributed by atoms with E-state index < -0.39 is 11.8 Å². The van der Waals surface area contributed by atoms with Crippen molar-refractivity contribution in [2.45, 2.75) is 0 Å². The molecule has 0 spiro atoms. The fourth-order valence-corrected chi connectivity index (χ4v) is 2.19. The first-order chi connectivity index (χ1) is 8.06. The Balaban J connectivity index is 2.84. The van der Waals surface area contributed by atoms with Gasteiger partial charge in [-0.05, 0) is 28.1 Å². The Morgan fingerprint density at radius 3 is 2.88 bits per heavy atom. The number of halogens is 3. The molecule has 2 rings (SSSR count). The third-order valence-corrected chi connectivity index (χ3v) is 3.29. The molecule has 0 saturated carbocycles. The molecule has 0 aliphatic carbocycles. The van der Waals surface area contributed by atoms with Crippen LogP contribution in [0.25, 0.3) is 10.9 Å². The van der Waals surface area contributed by atoms with E-state index >= 15 is 0 Å². The average Bonchev–Trinajstić information content (AvgIpc) is 2.33. The predicted molar refractivity (Wildman–Crippen MR) is 65.8 cm³/mol. The fraction of sp³-hybridized carbons (Fsp3) is 0.0909. The highest BCUT2D eigenvalue weighted by molar-refractivity contribution is 9.10. The zero-order chi connectivity index (χ0) is 12.6. The Hall–Kier alpha value is -1.20. The molecule has 1 aromatic heterocycles. The van der Waals surface area contributed by atoms with Crippen molar-refractivity contribution in [3.05, 3.63) is 39.2 Å². The summed E-state index contributed by atoms with van der Waals surface area (Å²) in [6.07, 6.45) is 1.26. The van der Waals surface area contributed by atoms with Crippen molar-refractivity contribution in [2.24, 2.45) is 0 Å². The minimum Gasteiger partial charge on any atom is -0.465 e. The van der Waals surface area contributed by atoms with Crippen LogP contribution in [0.4, 0.5) is 4.39 Å². The molecule has 0 unspecified atom stereocenters. The Morgan fingerprint density at radius 1 is 1.53 bits per heavy atom. The van der Waals surface area contributed by atoms with E-state index in [1.807, 2.05) is 0 Å². The van der Waals surface area contributed by atoms with Gasteiger partial charge < -0.3 is 4.74 Å². The maximum absolute atomic E-state index is 13.7. The Labute approximate surface area is 110 Å². The van der Waals surface area contributed by atoms with Gasteiger partial charge in [0, 0.05) is 10.7 Å². The summed E-state index contributed by atoms with van der Waals surface area (Å²) in [6.45, 7) is 0. The number of carbonyl (C=O) groups excluding carboxylic acids is 1. The molecule has 0 saturated heterocycles. The summed E-state index contributed by atoms with van der Waals surface area (Å²) < 4.78 is 18.8. The summed E-state index contributed by atoms with van der Waals surface area (Å²) in [5.74, 6) is -1.18. The highest BCUT2D eigenvalue weighted by atomic mass is 79.9. The van der Waals surface area contributed by atoms with Crippen LogP contribution in [0, 0.1) is 5.82 Å². The quantitative estimate of drug-likeness (QED) is 0.755. The number of pyridine rings is 1. The smallest absolute Gasteiger partial charge is 0.340 e. The van der Waals surface area contributed by atoms with Crippen molar-refractivity contribution in [3.8, 4) is 0 Å². The summed E-state index contributed by atoms with van der Waals surface area (Å²) in [5.41, 5.74) is 0.404. The molecule has 0 aliphatic heterocycles. The van der Waals surface area contributed by atoms with Crippen LogP contribution in [0.2, 0.25) is 5.02 Å². The first kappa shape index (κ1) is 12.3. The largest absolute Gasteiger partial charge is 0.465 e. The van der Waals surface area contributed by atoms with Crippen molar-refractivity contribution in [1.29, 1.82) is 0 Å². The van der Waals surface area contributed by atoms with Gasteiger partial charge in [0.05, 0.1) is 28.6 Å². The molecule has 88 valence electrons. The predicted octanol–water partition coefficient (Wildman–Crippen LogP) is 3.58. The molecule has 3 nitrogen and oxygen atoms in total. The molecule has 17 heavy (non-hydrogen) atoms. The average molecular weight is 319 g/mol. The minimum atomic E-state index is -0.649. The normalized spacial score (nSPS) is 10.6. The zero-order valence-electron chi connectivity index (χ0n) is 8.63. The minimum absolute atomic E-state index is 0.000602. The lowest BCUT2D eigenvalue weighted by atomic mass is 10.1. The monoisotopic (exact) mass is 317 g/mol. The molecule has 0 amide bonds. The van der Waals surface area contributed by atoms with Crippen LogP contribution in [0.3, 0.4) is 0 Å². The second-order valence-electron chi connectivity index (χ2n) is 3.23. The highest BCUT2D eigenvalue weighted by Crippen LogP contribution is 2.32. The Bertz CT molecular complexity index is 618. The lowest BCUT2D eigenvalue weighted by Gasteiger charge is -2.07.